The van der Waals surface area contributed by atoms with Crippen molar-refractivity contribution in [2.24, 2.45) is 0 Å². The van der Waals surface area contributed by atoms with Crippen molar-refractivity contribution >= 4 is 10.1 Å². The van der Waals surface area contributed by atoms with Gasteiger partial charge in [-0.2, -0.15) is 0 Å². The van der Waals surface area contributed by atoms with Crippen molar-refractivity contribution in [3.05, 3.63) is 35.9 Å². The van der Waals surface area contributed by atoms with Gasteiger partial charge >= 0.3 is 29.6 Å². The zero-order valence-electron chi connectivity index (χ0n) is 7.73. The van der Waals surface area contributed by atoms with Gasteiger partial charge in [-0.05, 0) is 5.56 Å². The zero-order chi connectivity index (χ0) is 9.73. The molecule has 0 atom stereocenters. The monoisotopic (exact) mass is 218 g/mol. The summed E-state index contributed by atoms with van der Waals surface area (Å²) in [6.07, 6.45) is 0.280. The van der Waals surface area contributed by atoms with Gasteiger partial charge < -0.3 is 4.55 Å². The molecule has 0 spiro atoms. The van der Waals surface area contributed by atoms with E-state index in [9.17, 15) is 13.0 Å². The molecule has 0 heterocycles. The van der Waals surface area contributed by atoms with Crippen LogP contribution >= 0.6 is 0 Å². The zero-order valence-corrected chi connectivity index (χ0v) is 10.5. The number of hydrogen-bond acceptors (Lipinski definition) is 3. The fourth-order valence-electron chi connectivity index (χ4n) is 0.822. The van der Waals surface area contributed by atoms with E-state index in [0.717, 1.165) is 5.56 Å². The van der Waals surface area contributed by atoms with E-state index in [2.05, 4.69) is 5.92 Å². The molecule has 3 nitrogen and oxygen atoms in total. The van der Waals surface area contributed by atoms with Crippen LogP contribution in [0.15, 0.2) is 30.3 Å². The predicted octanol–water partition coefficient (Wildman–Crippen LogP) is -2.26. The molecular formula is C9H7NaO3S. The van der Waals surface area contributed by atoms with Gasteiger partial charge in [0.2, 0.25) is 0 Å². The third-order valence-electron chi connectivity index (χ3n) is 1.33. The van der Waals surface area contributed by atoms with E-state index in [1.165, 1.54) is 0 Å². The van der Waals surface area contributed by atoms with Crippen LogP contribution in [-0.2, 0) is 16.5 Å². The average molecular weight is 218 g/mol. The molecule has 1 aromatic rings. The summed E-state index contributed by atoms with van der Waals surface area (Å²) in [5, 5.41) is 1.64. The summed E-state index contributed by atoms with van der Waals surface area (Å²) >= 11 is 0. The van der Waals surface area contributed by atoms with Crippen molar-refractivity contribution in [3.8, 4) is 11.2 Å². The molecule has 1 rings (SSSR count). The summed E-state index contributed by atoms with van der Waals surface area (Å²) < 4.78 is 30.3. The predicted molar refractivity (Wildman–Crippen MR) is 47.6 cm³/mol. The summed E-state index contributed by atoms with van der Waals surface area (Å²) in [6, 6.07) is 9.12. The Hall–Kier alpha value is -0.310. The average Bonchev–Trinajstić information content (AvgIpc) is 2.04. The molecule has 0 fully saturated rings. The van der Waals surface area contributed by atoms with Gasteiger partial charge in [0.05, 0.1) is 0 Å². The molecule has 68 valence electrons. The first-order valence-electron chi connectivity index (χ1n) is 3.57. The minimum Gasteiger partial charge on any atom is -0.738 e. The van der Waals surface area contributed by atoms with E-state index in [-0.39, 0.29) is 36.0 Å². The van der Waals surface area contributed by atoms with Crippen molar-refractivity contribution in [2.45, 2.75) is 6.42 Å². The molecule has 0 saturated carbocycles. The SMILES string of the molecule is O=S(=O)([O-])C#CCc1ccccc1.[Na+]. The Morgan fingerprint density at radius 3 is 2.29 bits per heavy atom. The van der Waals surface area contributed by atoms with Gasteiger partial charge in [-0.25, -0.2) is 8.42 Å². The van der Waals surface area contributed by atoms with Crippen LogP contribution in [0.3, 0.4) is 0 Å². The van der Waals surface area contributed by atoms with Crippen molar-refractivity contribution < 1.29 is 42.5 Å². The van der Waals surface area contributed by atoms with Crippen LogP contribution in [0.2, 0.25) is 0 Å². The Balaban J connectivity index is 0.00000169. The summed E-state index contributed by atoms with van der Waals surface area (Å²) in [4.78, 5) is 0. The first-order valence-corrected chi connectivity index (χ1v) is 4.98. The number of hydrogen-bond donors (Lipinski definition) is 0. The molecule has 0 radical (unpaired) electrons. The van der Waals surface area contributed by atoms with Gasteiger partial charge in [-0.1, -0.05) is 36.3 Å². The van der Waals surface area contributed by atoms with Gasteiger partial charge in [0.25, 0.3) is 0 Å². The smallest absolute Gasteiger partial charge is 0.738 e. The molecule has 0 unspecified atom stereocenters. The van der Waals surface area contributed by atoms with Gasteiger partial charge in [0.1, 0.15) is 0 Å². The van der Waals surface area contributed by atoms with Crippen LogP contribution < -0.4 is 29.6 Å². The molecule has 0 bridgehead atoms. The molecule has 5 heteroatoms. The molecule has 0 aromatic heterocycles. The molecule has 0 aliphatic rings. The summed E-state index contributed by atoms with van der Waals surface area (Å²) in [5.74, 6) is 2.29. The Bertz CT molecular complexity index is 428. The molecule has 0 N–H and O–H groups in total. The normalized spacial score (nSPS) is 9.50. The Labute approximate surface area is 106 Å². The van der Waals surface area contributed by atoms with Gasteiger partial charge in [0.15, 0.2) is 10.1 Å². The standard InChI is InChI=1S/C9H8O3S.Na/c10-13(11,12)8-4-7-9-5-2-1-3-6-9;/h1-3,5-6H,7H2,(H,10,11,12);/q;+1/p-1. The Kier molecular flexibility index (Phi) is 6.09. The van der Waals surface area contributed by atoms with Crippen LogP contribution in [0, 0.1) is 11.2 Å². The Morgan fingerprint density at radius 2 is 1.79 bits per heavy atom. The van der Waals surface area contributed by atoms with Crippen LogP contribution in [0.1, 0.15) is 5.56 Å². The van der Waals surface area contributed by atoms with E-state index in [1.54, 1.807) is 5.25 Å². The second-order valence-electron chi connectivity index (χ2n) is 2.40. The largest absolute Gasteiger partial charge is 1.00 e. The van der Waals surface area contributed by atoms with Crippen molar-refractivity contribution in [1.29, 1.82) is 0 Å². The number of rotatable bonds is 1. The van der Waals surface area contributed by atoms with Crippen LogP contribution in [0.25, 0.3) is 0 Å². The third-order valence-corrected chi connectivity index (χ3v) is 1.73. The molecule has 0 aliphatic heterocycles. The Morgan fingerprint density at radius 1 is 1.21 bits per heavy atom. The third kappa shape index (κ3) is 6.19. The summed E-state index contributed by atoms with van der Waals surface area (Å²) in [7, 11) is -4.41. The van der Waals surface area contributed by atoms with E-state index >= 15 is 0 Å². The van der Waals surface area contributed by atoms with Gasteiger partial charge in [-0.15, -0.1) is 0 Å². The molecular weight excluding hydrogens is 211 g/mol. The van der Waals surface area contributed by atoms with Crippen LogP contribution in [0.4, 0.5) is 0 Å². The van der Waals surface area contributed by atoms with E-state index in [0.29, 0.717) is 0 Å². The van der Waals surface area contributed by atoms with Gasteiger partial charge in [-0.3, -0.25) is 0 Å². The molecule has 0 aliphatic carbocycles. The van der Waals surface area contributed by atoms with Gasteiger partial charge in [0, 0.05) is 11.7 Å². The maximum absolute atomic E-state index is 10.1. The minimum absolute atomic E-state index is 0. The van der Waals surface area contributed by atoms with Crippen LogP contribution in [-0.4, -0.2) is 13.0 Å². The number of benzene rings is 1. The second kappa shape index (κ2) is 6.23. The van der Waals surface area contributed by atoms with Crippen molar-refractivity contribution in [2.75, 3.05) is 0 Å². The first-order chi connectivity index (χ1) is 6.08. The van der Waals surface area contributed by atoms with Crippen molar-refractivity contribution in [1.82, 2.24) is 0 Å². The van der Waals surface area contributed by atoms with Crippen molar-refractivity contribution in [3.63, 3.8) is 0 Å². The fraction of sp³-hybridized carbons (Fsp3) is 0.111. The van der Waals surface area contributed by atoms with Crippen LogP contribution in [0.5, 0.6) is 0 Å². The molecule has 0 amide bonds. The quantitative estimate of drug-likeness (QED) is 0.304. The molecule has 1 aromatic carbocycles. The molecule has 14 heavy (non-hydrogen) atoms. The second-order valence-corrected chi connectivity index (χ2v) is 3.51. The van der Waals surface area contributed by atoms with E-state index < -0.39 is 10.1 Å². The first kappa shape index (κ1) is 13.7. The minimum atomic E-state index is -4.41. The van der Waals surface area contributed by atoms with E-state index in [1.807, 2.05) is 30.3 Å². The fourth-order valence-corrected chi connectivity index (χ4v) is 1.07. The topological polar surface area (TPSA) is 57.2 Å². The maximum atomic E-state index is 10.1. The van der Waals surface area contributed by atoms with E-state index in [4.69, 9.17) is 0 Å². The molecule has 0 saturated heterocycles. The maximum Gasteiger partial charge on any atom is 1.00 e. The summed E-state index contributed by atoms with van der Waals surface area (Å²) in [5.41, 5.74) is 0.888. The summed E-state index contributed by atoms with van der Waals surface area (Å²) in [6.45, 7) is 0.